The number of nitro groups is 1. The summed E-state index contributed by atoms with van der Waals surface area (Å²) < 4.78 is 0. The van der Waals surface area contributed by atoms with Gasteiger partial charge in [0.05, 0.1) is 10.4 Å². The number of rotatable bonds is 1. The normalized spacial score (nSPS) is 9.80. The second-order valence-corrected chi connectivity index (χ2v) is 2.94. The van der Waals surface area contributed by atoms with Gasteiger partial charge in [0.2, 0.25) is 0 Å². The highest BCUT2D eigenvalue weighted by Gasteiger charge is 2.06. The lowest BCUT2D eigenvalue weighted by atomic mass is 10.2. The third-order valence-corrected chi connectivity index (χ3v) is 2.00. The van der Waals surface area contributed by atoms with Crippen LogP contribution in [0.3, 0.4) is 0 Å². The highest BCUT2D eigenvalue weighted by molar-refractivity contribution is 5.81. The van der Waals surface area contributed by atoms with Gasteiger partial charge in [0.15, 0.2) is 0 Å². The Morgan fingerprint density at radius 1 is 1.33 bits per heavy atom. The van der Waals surface area contributed by atoms with Gasteiger partial charge in [0.1, 0.15) is 11.8 Å². The van der Waals surface area contributed by atoms with E-state index in [4.69, 9.17) is 5.26 Å². The van der Waals surface area contributed by atoms with Crippen molar-refractivity contribution in [1.82, 2.24) is 4.98 Å². The van der Waals surface area contributed by atoms with E-state index >= 15 is 0 Å². The predicted molar refractivity (Wildman–Crippen MR) is 53.1 cm³/mol. The monoisotopic (exact) mass is 199 g/mol. The van der Waals surface area contributed by atoms with Crippen molar-refractivity contribution in [2.24, 2.45) is 0 Å². The lowest BCUT2D eigenvalue weighted by molar-refractivity contribution is -0.384. The number of nitriles is 1. The van der Waals surface area contributed by atoms with Gasteiger partial charge in [-0.05, 0) is 18.2 Å². The molecule has 0 bridgehead atoms. The summed E-state index contributed by atoms with van der Waals surface area (Å²) in [6, 6.07) is 9.43. The Morgan fingerprint density at radius 3 is 2.80 bits per heavy atom. The SMILES string of the molecule is N#Cc1ccc2cc([N+](=O)[O-])ccc2n1. The molecule has 1 aromatic heterocycles. The van der Waals surface area contributed by atoms with Gasteiger partial charge in [-0.2, -0.15) is 5.26 Å². The average Bonchev–Trinajstić information content (AvgIpc) is 2.27. The molecule has 0 aliphatic rings. The van der Waals surface area contributed by atoms with Crippen molar-refractivity contribution < 1.29 is 4.92 Å². The Hall–Kier alpha value is -2.48. The van der Waals surface area contributed by atoms with Crippen LogP contribution in [-0.2, 0) is 0 Å². The smallest absolute Gasteiger partial charge is 0.258 e. The van der Waals surface area contributed by atoms with E-state index in [1.807, 2.05) is 6.07 Å². The van der Waals surface area contributed by atoms with Crippen LogP contribution in [0.5, 0.6) is 0 Å². The van der Waals surface area contributed by atoms with Gasteiger partial charge in [-0.25, -0.2) is 4.98 Å². The Morgan fingerprint density at radius 2 is 2.13 bits per heavy atom. The quantitative estimate of drug-likeness (QED) is 0.519. The summed E-state index contributed by atoms with van der Waals surface area (Å²) in [5.74, 6) is 0. The molecule has 72 valence electrons. The molecular formula is C10H5N3O2. The summed E-state index contributed by atoms with van der Waals surface area (Å²) in [5.41, 5.74) is 0.907. The molecule has 0 saturated heterocycles. The van der Waals surface area contributed by atoms with Crippen molar-refractivity contribution in [3.05, 3.63) is 46.1 Å². The van der Waals surface area contributed by atoms with Crippen LogP contribution in [0, 0.1) is 21.4 Å². The molecule has 0 amide bonds. The molecule has 15 heavy (non-hydrogen) atoms. The maximum absolute atomic E-state index is 10.5. The summed E-state index contributed by atoms with van der Waals surface area (Å²) in [6.45, 7) is 0. The van der Waals surface area contributed by atoms with Gasteiger partial charge >= 0.3 is 0 Å². The fourth-order valence-corrected chi connectivity index (χ4v) is 1.29. The van der Waals surface area contributed by atoms with Crippen LogP contribution in [0.1, 0.15) is 5.69 Å². The van der Waals surface area contributed by atoms with E-state index in [9.17, 15) is 10.1 Å². The van der Waals surface area contributed by atoms with Crippen LogP contribution >= 0.6 is 0 Å². The molecule has 1 aromatic carbocycles. The molecule has 0 N–H and O–H groups in total. The molecule has 2 aromatic rings. The van der Waals surface area contributed by atoms with E-state index in [2.05, 4.69) is 4.98 Å². The number of fused-ring (bicyclic) bond motifs is 1. The molecule has 0 fully saturated rings. The molecule has 5 nitrogen and oxygen atoms in total. The second kappa shape index (κ2) is 3.35. The molecular weight excluding hydrogens is 194 g/mol. The zero-order chi connectivity index (χ0) is 10.8. The number of hydrogen-bond acceptors (Lipinski definition) is 4. The first-order valence-corrected chi connectivity index (χ1v) is 4.16. The molecule has 1 heterocycles. The van der Waals surface area contributed by atoms with Crippen molar-refractivity contribution in [2.45, 2.75) is 0 Å². The van der Waals surface area contributed by atoms with E-state index in [0.717, 1.165) is 0 Å². The summed E-state index contributed by atoms with van der Waals surface area (Å²) >= 11 is 0. The summed E-state index contributed by atoms with van der Waals surface area (Å²) in [5, 5.41) is 19.8. The Balaban J connectivity index is 2.66. The Bertz CT molecular complexity index is 587. The summed E-state index contributed by atoms with van der Waals surface area (Å²) in [6.07, 6.45) is 0. The first-order valence-electron chi connectivity index (χ1n) is 4.16. The van der Waals surface area contributed by atoms with Gasteiger partial charge in [0, 0.05) is 17.5 Å². The molecule has 0 unspecified atom stereocenters. The first-order chi connectivity index (χ1) is 7.20. The number of aromatic nitrogens is 1. The highest BCUT2D eigenvalue weighted by Crippen LogP contribution is 2.19. The van der Waals surface area contributed by atoms with Crippen LogP contribution in [-0.4, -0.2) is 9.91 Å². The number of benzene rings is 1. The lowest BCUT2D eigenvalue weighted by Crippen LogP contribution is -1.89. The zero-order valence-electron chi connectivity index (χ0n) is 7.54. The summed E-state index contributed by atoms with van der Waals surface area (Å²) in [7, 11) is 0. The van der Waals surface area contributed by atoms with E-state index in [1.54, 1.807) is 6.07 Å². The Labute approximate surface area is 84.7 Å². The zero-order valence-corrected chi connectivity index (χ0v) is 7.54. The molecule has 5 heteroatoms. The second-order valence-electron chi connectivity index (χ2n) is 2.94. The minimum absolute atomic E-state index is 0.0222. The van der Waals surface area contributed by atoms with Gasteiger partial charge in [-0.15, -0.1) is 0 Å². The fraction of sp³-hybridized carbons (Fsp3) is 0. The molecule has 2 rings (SSSR count). The maximum atomic E-state index is 10.5. The van der Waals surface area contributed by atoms with Gasteiger partial charge < -0.3 is 0 Å². The third kappa shape index (κ3) is 1.60. The van der Waals surface area contributed by atoms with Crippen molar-refractivity contribution in [1.29, 1.82) is 5.26 Å². The first kappa shape index (κ1) is 9.09. The lowest BCUT2D eigenvalue weighted by Gasteiger charge is -1.96. The van der Waals surface area contributed by atoms with Crippen LogP contribution < -0.4 is 0 Å². The number of nitrogens with zero attached hydrogens (tertiary/aromatic N) is 3. The third-order valence-electron chi connectivity index (χ3n) is 2.00. The molecule has 0 atom stereocenters. The number of pyridine rings is 1. The number of hydrogen-bond donors (Lipinski definition) is 0. The Kier molecular flexibility index (Phi) is 2.03. The minimum Gasteiger partial charge on any atom is -0.258 e. The van der Waals surface area contributed by atoms with Crippen molar-refractivity contribution in [3.8, 4) is 6.07 Å². The van der Waals surface area contributed by atoms with Crippen molar-refractivity contribution >= 4 is 16.6 Å². The van der Waals surface area contributed by atoms with E-state index < -0.39 is 4.92 Å². The molecule has 0 aliphatic carbocycles. The fourth-order valence-electron chi connectivity index (χ4n) is 1.29. The van der Waals surface area contributed by atoms with Crippen LogP contribution in [0.25, 0.3) is 10.9 Å². The number of non-ortho nitro benzene ring substituents is 1. The maximum Gasteiger partial charge on any atom is 0.270 e. The predicted octanol–water partition coefficient (Wildman–Crippen LogP) is 2.01. The van der Waals surface area contributed by atoms with E-state index in [1.165, 1.54) is 24.3 Å². The van der Waals surface area contributed by atoms with Gasteiger partial charge in [-0.1, -0.05) is 0 Å². The van der Waals surface area contributed by atoms with Gasteiger partial charge in [-0.3, -0.25) is 10.1 Å². The van der Waals surface area contributed by atoms with Crippen LogP contribution in [0.15, 0.2) is 30.3 Å². The minimum atomic E-state index is -0.461. The van der Waals surface area contributed by atoms with E-state index in [-0.39, 0.29) is 5.69 Å². The average molecular weight is 199 g/mol. The van der Waals surface area contributed by atoms with Gasteiger partial charge in [0.25, 0.3) is 5.69 Å². The molecule has 0 aliphatic heterocycles. The molecule has 0 spiro atoms. The largest absolute Gasteiger partial charge is 0.270 e. The van der Waals surface area contributed by atoms with E-state index in [0.29, 0.717) is 16.6 Å². The number of nitro benzene ring substituents is 1. The van der Waals surface area contributed by atoms with Crippen molar-refractivity contribution in [2.75, 3.05) is 0 Å². The molecule has 0 saturated carbocycles. The molecule has 0 radical (unpaired) electrons. The summed E-state index contributed by atoms with van der Waals surface area (Å²) in [4.78, 5) is 14.1. The highest BCUT2D eigenvalue weighted by atomic mass is 16.6. The van der Waals surface area contributed by atoms with Crippen LogP contribution in [0.2, 0.25) is 0 Å². The standard InChI is InChI=1S/C10H5N3O2/c11-6-8-2-1-7-5-9(13(14)15)3-4-10(7)12-8/h1-5H. The topological polar surface area (TPSA) is 79.8 Å². The van der Waals surface area contributed by atoms with Crippen molar-refractivity contribution in [3.63, 3.8) is 0 Å². The van der Waals surface area contributed by atoms with Crippen LogP contribution in [0.4, 0.5) is 5.69 Å².